The molecule has 6 nitrogen and oxygen atoms in total. The van der Waals surface area contributed by atoms with Crippen molar-refractivity contribution in [1.82, 2.24) is 10.2 Å². The summed E-state index contributed by atoms with van der Waals surface area (Å²) in [4.78, 5) is 25.7. The molecule has 1 fully saturated rings. The lowest BCUT2D eigenvalue weighted by Crippen LogP contribution is -2.48. The lowest BCUT2D eigenvalue weighted by molar-refractivity contribution is -0.145. The Morgan fingerprint density at radius 2 is 2.20 bits per heavy atom. The van der Waals surface area contributed by atoms with Gasteiger partial charge in [0.05, 0.1) is 5.92 Å². The van der Waals surface area contributed by atoms with Crippen LogP contribution < -0.4 is 11.1 Å². The molecule has 20 heavy (non-hydrogen) atoms. The zero-order valence-electron chi connectivity index (χ0n) is 12.3. The molecule has 0 radical (unpaired) electrons. The number of hydrogen-bond donors (Lipinski definition) is 2. The molecule has 1 rings (SSSR count). The van der Waals surface area contributed by atoms with E-state index in [1.54, 1.807) is 11.8 Å². The van der Waals surface area contributed by atoms with Crippen LogP contribution in [0.1, 0.15) is 26.7 Å². The number of piperidine rings is 1. The van der Waals surface area contributed by atoms with E-state index in [1.807, 2.05) is 6.92 Å². The van der Waals surface area contributed by atoms with Gasteiger partial charge >= 0.3 is 0 Å². The number of ether oxygens (including phenoxy) is 1. The number of carbonyl (C=O) groups excluding carboxylic acids is 2. The van der Waals surface area contributed by atoms with Crippen LogP contribution in [-0.2, 0) is 14.3 Å². The molecule has 0 aromatic carbocycles. The maximum atomic E-state index is 12.1. The average molecular weight is 308 g/mol. The van der Waals surface area contributed by atoms with Gasteiger partial charge in [0.25, 0.3) is 5.91 Å². The Hall–Kier alpha value is -0.850. The number of likely N-dealkylation sites (tertiary alicyclic amines) is 1. The van der Waals surface area contributed by atoms with Gasteiger partial charge in [-0.05, 0) is 26.7 Å². The van der Waals surface area contributed by atoms with Crippen molar-refractivity contribution < 1.29 is 14.3 Å². The second-order valence-corrected chi connectivity index (χ2v) is 4.80. The quantitative estimate of drug-likeness (QED) is 0.731. The highest BCUT2D eigenvalue weighted by Gasteiger charge is 2.30. The van der Waals surface area contributed by atoms with E-state index >= 15 is 0 Å². The molecular weight excluding hydrogens is 282 g/mol. The first-order valence-corrected chi connectivity index (χ1v) is 6.98. The first-order valence-electron chi connectivity index (χ1n) is 6.98. The SMILES string of the molecule is CCOC(C)C(=O)N1CCCC(C(=O)NCCN)C1.Cl. The van der Waals surface area contributed by atoms with Crippen molar-refractivity contribution in [3.05, 3.63) is 0 Å². The van der Waals surface area contributed by atoms with E-state index < -0.39 is 6.10 Å². The molecule has 2 amide bonds. The Kier molecular flexibility index (Phi) is 9.54. The van der Waals surface area contributed by atoms with Gasteiger partial charge < -0.3 is 20.7 Å². The second-order valence-electron chi connectivity index (χ2n) is 4.80. The second kappa shape index (κ2) is 9.96. The Labute approximate surface area is 126 Å². The molecule has 3 N–H and O–H groups in total. The summed E-state index contributed by atoms with van der Waals surface area (Å²) in [5.74, 6) is -0.164. The fraction of sp³-hybridized carbons (Fsp3) is 0.846. The van der Waals surface area contributed by atoms with Crippen molar-refractivity contribution in [2.75, 3.05) is 32.8 Å². The van der Waals surface area contributed by atoms with Crippen LogP contribution in [0.25, 0.3) is 0 Å². The van der Waals surface area contributed by atoms with E-state index in [4.69, 9.17) is 10.5 Å². The Balaban J connectivity index is 0.00000361. The van der Waals surface area contributed by atoms with Gasteiger partial charge in [0.2, 0.25) is 5.91 Å². The van der Waals surface area contributed by atoms with Crippen LogP contribution in [0, 0.1) is 5.92 Å². The minimum atomic E-state index is -0.434. The van der Waals surface area contributed by atoms with Crippen LogP contribution >= 0.6 is 12.4 Å². The summed E-state index contributed by atoms with van der Waals surface area (Å²) in [6.45, 7) is 6.23. The van der Waals surface area contributed by atoms with Crippen molar-refractivity contribution in [3.63, 3.8) is 0 Å². The molecule has 0 aromatic rings. The van der Waals surface area contributed by atoms with E-state index in [9.17, 15) is 9.59 Å². The number of carbonyl (C=O) groups is 2. The highest BCUT2D eigenvalue weighted by molar-refractivity contribution is 5.85. The number of halogens is 1. The van der Waals surface area contributed by atoms with Crippen molar-refractivity contribution >= 4 is 24.2 Å². The van der Waals surface area contributed by atoms with Crippen LogP contribution in [-0.4, -0.2) is 55.6 Å². The third-order valence-corrected chi connectivity index (χ3v) is 3.31. The molecule has 2 atom stereocenters. The molecule has 0 aromatic heterocycles. The fourth-order valence-electron chi connectivity index (χ4n) is 2.31. The number of hydrogen-bond acceptors (Lipinski definition) is 4. The predicted molar refractivity (Wildman–Crippen MR) is 79.7 cm³/mol. The molecule has 7 heteroatoms. The summed E-state index contributed by atoms with van der Waals surface area (Å²) in [6, 6.07) is 0. The molecule has 1 saturated heterocycles. The van der Waals surface area contributed by atoms with Crippen molar-refractivity contribution in [2.24, 2.45) is 11.7 Å². The van der Waals surface area contributed by atoms with E-state index in [0.29, 0.717) is 32.8 Å². The van der Waals surface area contributed by atoms with Crippen molar-refractivity contribution in [2.45, 2.75) is 32.8 Å². The Morgan fingerprint density at radius 1 is 1.50 bits per heavy atom. The lowest BCUT2D eigenvalue weighted by Gasteiger charge is -2.33. The van der Waals surface area contributed by atoms with Crippen LogP contribution in [0.3, 0.4) is 0 Å². The third kappa shape index (κ3) is 5.64. The zero-order valence-corrected chi connectivity index (χ0v) is 13.1. The molecule has 2 unspecified atom stereocenters. The minimum absolute atomic E-state index is 0. The molecule has 118 valence electrons. The lowest BCUT2D eigenvalue weighted by atomic mass is 9.96. The first kappa shape index (κ1) is 19.1. The molecule has 0 bridgehead atoms. The summed E-state index contributed by atoms with van der Waals surface area (Å²) in [6.07, 6.45) is 1.24. The molecule has 0 spiro atoms. The predicted octanol–water partition coefficient (Wildman–Crippen LogP) is 0.147. The topological polar surface area (TPSA) is 84.7 Å². The maximum absolute atomic E-state index is 12.1. The standard InChI is InChI=1S/C13H25N3O3.ClH/c1-3-19-10(2)13(18)16-8-4-5-11(9-16)12(17)15-7-6-14;/h10-11H,3-9,14H2,1-2H3,(H,15,17);1H. The normalized spacial score (nSPS) is 19.9. The van der Waals surface area contributed by atoms with Crippen molar-refractivity contribution in [1.29, 1.82) is 0 Å². The third-order valence-electron chi connectivity index (χ3n) is 3.31. The van der Waals surface area contributed by atoms with E-state index in [2.05, 4.69) is 5.32 Å². The van der Waals surface area contributed by atoms with Crippen LogP contribution in [0.2, 0.25) is 0 Å². The van der Waals surface area contributed by atoms with Gasteiger partial charge in [-0.15, -0.1) is 12.4 Å². The van der Waals surface area contributed by atoms with Crippen molar-refractivity contribution in [3.8, 4) is 0 Å². The monoisotopic (exact) mass is 307 g/mol. The highest BCUT2D eigenvalue weighted by atomic mass is 35.5. The summed E-state index contributed by atoms with van der Waals surface area (Å²) < 4.78 is 5.31. The van der Waals surface area contributed by atoms with Gasteiger partial charge in [0.15, 0.2) is 0 Å². The van der Waals surface area contributed by atoms with Gasteiger partial charge in [-0.1, -0.05) is 0 Å². The van der Waals surface area contributed by atoms with Gasteiger partial charge in [0, 0.05) is 32.8 Å². The largest absolute Gasteiger partial charge is 0.369 e. The number of rotatable bonds is 6. The van der Waals surface area contributed by atoms with E-state index in [1.165, 1.54) is 0 Å². The van der Waals surface area contributed by atoms with Crippen LogP contribution in [0.15, 0.2) is 0 Å². The molecule has 1 heterocycles. The Bertz CT molecular complexity index is 315. The average Bonchev–Trinajstić information content (AvgIpc) is 2.44. The van der Waals surface area contributed by atoms with Crippen LogP contribution in [0.5, 0.6) is 0 Å². The summed E-state index contributed by atoms with van der Waals surface area (Å²) in [7, 11) is 0. The molecule has 0 saturated carbocycles. The Morgan fingerprint density at radius 3 is 2.80 bits per heavy atom. The highest BCUT2D eigenvalue weighted by Crippen LogP contribution is 2.17. The number of nitrogens with one attached hydrogen (secondary N) is 1. The molecule has 1 aliphatic rings. The summed E-state index contributed by atoms with van der Waals surface area (Å²) in [5.41, 5.74) is 5.36. The number of nitrogens with zero attached hydrogens (tertiary/aromatic N) is 1. The van der Waals surface area contributed by atoms with Gasteiger partial charge in [0.1, 0.15) is 6.10 Å². The smallest absolute Gasteiger partial charge is 0.251 e. The molecule has 1 aliphatic heterocycles. The number of nitrogens with two attached hydrogens (primary N) is 1. The molecule has 0 aliphatic carbocycles. The fourth-order valence-corrected chi connectivity index (χ4v) is 2.31. The number of amides is 2. The molecular formula is C13H26ClN3O3. The van der Waals surface area contributed by atoms with Crippen LogP contribution in [0.4, 0.5) is 0 Å². The summed E-state index contributed by atoms with van der Waals surface area (Å²) >= 11 is 0. The minimum Gasteiger partial charge on any atom is -0.369 e. The maximum Gasteiger partial charge on any atom is 0.251 e. The van der Waals surface area contributed by atoms with E-state index in [-0.39, 0.29) is 30.1 Å². The van der Waals surface area contributed by atoms with Gasteiger partial charge in [-0.2, -0.15) is 0 Å². The zero-order chi connectivity index (χ0) is 14.3. The van der Waals surface area contributed by atoms with Gasteiger partial charge in [-0.3, -0.25) is 9.59 Å². The first-order chi connectivity index (χ1) is 9.10. The van der Waals surface area contributed by atoms with Gasteiger partial charge in [-0.25, -0.2) is 0 Å². The summed E-state index contributed by atoms with van der Waals surface area (Å²) in [5, 5.41) is 2.78. The van der Waals surface area contributed by atoms with E-state index in [0.717, 1.165) is 12.8 Å².